The third-order valence-corrected chi connectivity index (χ3v) is 3.59. The summed E-state index contributed by atoms with van der Waals surface area (Å²) in [6.07, 6.45) is 3.96. The van der Waals surface area contributed by atoms with E-state index in [0.29, 0.717) is 5.41 Å². The standard InChI is InChI=1S/C14H27N3/c1-11(2)7-8-17(12-5-6-12)13-15-9-14(3,4)10-16-13/h11-12H,5-10H2,1-4H3,(H,15,16). The molecule has 1 aliphatic carbocycles. The molecule has 2 aliphatic rings. The van der Waals surface area contributed by atoms with Crippen molar-refractivity contribution in [1.29, 1.82) is 0 Å². The SMILES string of the molecule is CC(C)CCN(C1=NCC(C)(C)CN1)C1CC1. The molecule has 0 amide bonds. The molecule has 1 N–H and O–H groups in total. The van der Waals surface area contributed by atoms with Crippen molar-refractivity contribution in [2.75, 3.05) is 19.6 Å². The maximum Gasteiger partial charge on any atom is 0.194 e. The number of nitrogens with one attached hydrogen (secondary N) is 1. The van der Waals surface area contributed by atoms with Crippen molar-refractivity contribution >= 4 is 5.96 Å². The highest BCUT2D eigenvalue weighted by molar-refractivity contribution is 5.81. The molecule has 3 nitrogen and oxygen atoms in total. The van der Waals surface area contributed by atoms with Gasteiger partial charge in [-0.1, -0.05) is 27.7 Å². The van der Waals surface area contributed by atoms with Gasteiger partial charge in [-0.15, -0.1) is 0 Å². The lowest BCUT2D eigenvalue weighted by atomic mass is 9.93. The van der Waals surface area contributed by atoms with Crippen LogP contribution in [-0.4, -0.2) is 36.5 Å². The van der Waals surface area contributed by atoms with E-state index in [1.807, 2.05) is 0 Å². The molecule has 0 aromatic rings. The Bertz CT molecular complexity index is 290. The van der Waals surface area contributed by atoms with Gasteiger partial charge in [0.2, 0.25) is 0 Å². The van der Waals surface area contributed by atoms with E-state index in [4.69, 9.17) is 4.99 Å². The predicted molar refractivity (Wildman–Crippen MR) is 73.3 cm³/mol. The Balaban J connectivity index is 1.94. The summed E-state index contributed by atoms with van der Waals surface area (Å²) < 4.78 is 0. The van der Waals surface area contributed by atoms with Gasteiger partial charge in [0.15, 0.2) is 5.96 Å². The molecule has 3 heteroatoms. The van der Waals surface area contributed by atoms with Crippen LogP contribution in [0.15, 0.2) is 4.99 Å². The van der Waals surface area contributed by atoms with Crippen LogP contribution in [0.25, 0.3) is 0 Å². The molecule has 0 spiro atoms. The molecule has 0 radical (unpaired) electrons. The van der Waals surface area contributed by atoms with Crippen molar-refractivity contribution in [2.24, 2.45) is 16.3 Å². The van der Waals surface area contributed by atoms with Crippen LogP contribution >= 0.6 is 0 Å². The Labute approximate surface area is 106 Å². The summed E-state index contributed by atoms with van der Waals surface area (Å²) in [5, 5.41) is 3.53. The molecule has 0 unspecified atom stereocenters. The van der Waals surface area contributed by atoms with Gasteiger partial charge in [-0.3, -0.25) is 4.99 Å². The van der Waals surface area contributed by atoms with Crippen molar-refractivity contribution < 1.29 is 0 Å². The smallest absolute Gasteiger partial charge is 0.194 e. The first-order valence-electron chi connectivity index (χ1n) is 7.03. The topological polar surface area (TPSA) is 27.6 Å². The lowest BCUT2D eigenvalue weighted by molar-refractivity contribution is 0.311. The van der Waals surface area contributed by atoms with Gasteiger partial charge in [-0.05, 0) is 25.2 Å². The largest absolute Gasteiger partial charge is 0.356 e. The van der Waals surface area contributed by atoms with Gasteiger partial charge < -0.3 is 10.2 Å². The van der Waals surface area contributed by atoms with Crippen LogP contribution in [0.4, 0.5) is 0 Å². The minimum atomic E-state index is 0.316. The molecule has 0 aromatic carbocycles. The van der Waals surface area contributed by atoms with E-state index in [2.05, 4.69) is 37.9 Å². The molecule has 17 heavy (non-hydrogen) atoms. The molecular formula is C14H27N3. The Morgan fingerprint density at radius 1 is 1.41 bits per heavy atom. The number of rotatable bonds is 4. The maximum atomic E-state index is 4.75. The number of aliphatic imine (C=N–C) groups is 1. The molecule has 2 rings (SSSR count). The van der Waals surface area contributed by atoms with Gasteiger partial charge in [0, 0.05) is 31.1 Å². The van der Waals surface area contributed by atoms with Crippen LogP contribution in [0, 0.1) is 11.3 Å². The van der Waals surface area contributed by atoms with Crippen LogP contribution in [0.3, 0.4) is 0 Å². The van der Waals surface area contributed by atoms with Crippen molar-refractivity contribution in [3.8, 4) is 0 Å². The van der Waals surface area contributed by atoms with Crippen LogP contribution in [-0.2, 0) is 0 Å². The van der Waals surface area contributed by atoms with Crippen molar-refractivity contribution in [1.82, 2.24) is 10.2 Å². The Morgan fingerprint density at radius 2 is 2.12 bits per heavy atom. The van der Waals surface area contributed by atoms with Gasteiger partial charge in [-0.25, -0.2) is 0 Å². The highest BCUT2D eigenvalue weighted by atomic mass is 15.3. The molecule has 0 bridgehead atoms. The maximum absolute atomic E-state index is 4.75. The van der Waals surface area contributed by atoms with Crippen molar-refractivity contribution in [3.63, 3.8) is 0 Å². The number of hydrogen-bond donors (Lipinski definition) is 1. The van der Waals surface area contributed by atoms with Gasteiger partial charge >= 0.3 is 0 Å². The normalized spacial score (nSPS) is 23.2. The van der Waals surface area contributed by atoms with Gasteiger partial charge in [-0.2, -0.15) is 0 Å². The van der Waals surface area contributed by atoms with E-state index < -0.39 is 0 Å². The molecule has 1 fully saturated rings. The fourth-order valence-corrected chi connectivity index (χ4v) is 2.16. The zero-order chi connectivity index (χ0) is 12.5. The first-order chi connectivity index (χ1) is 7.98. The van der Waals surface area contributed by atoms with E-state index in [-0.39, 0.29) is 0 Å². The fourth-order valence-electron chi connectivity index (χ4n) is 2.16. The Morgan fingerprint density at radius 3 is 2.59 bits per heavy atom. The second kappa shape index (κ2) is 4.87. The van der Waals surface area contributed by atoms with Crippen LogP contribution in [0.1, 0.15) is 47.0 Å². The minimum Gasteiger partial charge on any atom is -0.356 e. The van der Waals surface area contributed by atoms with Gasteiger partial charge in [0.25, 0.3) is 0 Å². The molecule has 1 saturated carbocycles. The van der Waals surface area contributed by atoms with Crippen LogP contribution in [0.2, 0.25) is 0 Å². The second-order valence-corrected chi connectivity index (χ2v) is 6.76. The summed E-state index contributed by atoms with van der Waals surface area (Å²) in [4.78, 5) is 7.26. The molecule has 1 aliphatic heterocycles. The minimum absolute atomic E-state index is 0.316. The molecule has 98 valence electrons. The Kier molecular flexibility index (Phi) is 3.64. The van der Waals surface area contributed by atoms with E-state index in [9.17, 15) is 0 Å². The lowest BCUT2D eigenvalue weighted by Crippen LogP contribution is -2.50. The van der Waals surface area contributed by atoms with Gasteiger partial charge in [0.05, 0.1) is 0 Å². The van der Waals surface area contributed by atoms with E-state index in [0.717, 1.165) is 37.6 Å². The molecule has 0 atom stereocenters. The zero-order valence-corrected chi connectivity index (χ0v) is 11.8. The highest BCUT2D eigenvalue weighted by Crippen LogP contribution is 2.28. The fraction of sp³-hybridized carbons (Fsp3) is 0.929. The quantitative estimate of drug-likeness (QED) is 0.813. The van der Waals surface area contributed by atoms with Crippen molar-refractivity contribution in [2.45, 2.75) is 53.0 Å². The zero-order valence-electron chi connectivity index (χ0n) is 11.8. The van der Waals surface area contributed by atoms with E-state index in [1.165, 1.54) is 19.3 Å². The third kappa shape index (κ3) is 3.62. The van der Waals surface area contributed by atoms with Crippen molar-refractivity contribution in [3.05, 3.63) is 0 Å². The lowest BCUT2D eigenvalue weighted by Gasteiger charge is -2.35. The molecule has 1 heterocycles. The van der Waals surface area contributed by atoms with E-state index in [1.54, 1.807) is 0 Å². The number of hydrogen-bond acceptors (Lipinski definition) is 3. The summed E-state index contributed by atoms with van der Waals surface area (Å²) in [5.74, 6) is 1.93. The molecular weight excluding hydrogens is 210 g/mol. The summed E-state index contributed by atoms with van der Waals surface area (Å²) in [6, 6.07) is 0.765. The Hall–Kier alpha value is -0.730. The molecule has 0 saturated heterocycles. The average Bonchev–Trinajstić information content (AvgIpc) is 3.04. The monoisotopic (exact) mass is 237 g/mol. The molecule has 0 aromatic heterocycles. The highest BCUT2D eigenvalue weighted by Gasteiger charge is 2.33. The number of guanidine groups is 1. The third-order valence-electron chi connectivity index (χ3n) is 3.59. The second-order valence-electron chi connectivity index (χ2n) is 6.76. The predicted octanol–water partition coefficient (Wildman–Crippen LogP) is 2.48. The van der Waals surface area contributed by atoms with Crippen LogP contribution in [0.5, 0.6) is 0 Å². The summed E-state index contributed by atoms with van der Waals surface area (Å²) >= 11 is 0. The summed E-state index contributed by atoms with van der Waals surface area (Å²) in [5.41, 5.74) is 0.316. The number of nitrogens with zero attached hydrogens (tertiary/aromatic N) is 2. The summed E-state index contributed by atoms with van der Waals surface area (Å²) in [7, 11) is 0. The van der Waals surface area contributed by atoms with Gasteiger partial charge in [0.1, 0.15) is 0 Å². The first kappa shape index (κ1) is 12.7. The summed E-state index contributed by atoms with van der Waals surface area (Å²) in [6.45, 7) is 12.3. The average molecular weight is 237 g/mol. The van der Waals surface area contributed by atoms with E-state index >= 15 is 0 Å². The first-order valence-corrected chi connectivity index (χ1v) is 7.03. The van der Waals surface area contributed by atoms with Crippen LogP contribution < -0.4 is 5.32 Å².